The first-order chi connectivity index (χ1) is 14.3. The Bertz CT molecular complexity index is 1030. The SMILES string of the molecule is CC(C)Oc1ccc(S(=O)(=O)N2CCN(c3cccn(COC=O)c3=O)CC2)cc1. The lowest BCUT2D eigenvalue weighted by Crippen LogP contribution is -2.50. The normalized spacial score (nSPS) is 15.2. The zero-order valence-corrected chi connectivity index (χ0v) is 17.7. The molecule has 1 aliphatic heterocycles. The molecule has 1 fully saturated rings. The van der Waals surface area contributed by atoms with Crippen molar-refractivity contribution in [2.75, 3.05) is 31.1 Å². The number of hydrogen-bond donors (Lipinski definition) is 0. The molecule has 1 aromatic heterocycles. The second-order valence-corrected chi connectivity index (χ2v) is 9.03. The van der Waals surface area contributed by atoms with Gasteiger partial charge in [0.05, 0.1) is 11.0 Å². The van der Waals surface area contributed by atoms with Gasteiger partial charge in [-0.25, -0.2) is 8.42 Å². The van der Waals surface area contributed by atoms with Gasteiger partial charge in [0.15, 0.2) is 6.73 Å². The summed E-state index contributed by atoms with van der Waals surface area (Å²) in [5.41, 5.74) is 0.149. The molecule has 1 aromatic carbocycles. The van der Waals surface area contributed by atoms with Crippen molar-refractivity contribution < 1.29 is 22.7 Å². The van der Waals surface area contributed by atoms with Crippen molar-refractivity contribution in [3.8, 4) is 5.75 Å². The van der Waals surface area contributed by atoms with Gasteiger partial charge in [0.25, 0.3) is 12.0 Å². The molecule has 1 saturated heterocycles. The average molecular weight is 436 g/mol. The molecule has 0 amide bonds. The standard InChI is InChI=1S/C20H25N3O6S/c1-16(2)29-17-5-7-18(8-6-17)30(26,27)23-12-10-21(11-13-23)19-4-3-9-22(20(19)25)14-28-15-24/h3-9,15-16H,10-14H2,1-2H3. The van der Waals surface area contributed by atoms with Crippen LogP contribution in [-0.4, -0.2) is 56.0 Å². The predicted octanol–water partition coefficient (Wildman–Crippen LogP) is 1.28. The number of aromatic nitrogens is 1. The predicted molar refractivity (Wildman–Crippen MR) is 111 cm³/mol. The minimum absolute atomic E-state index is 0.00751. The van der Waals surface area contributed by atoms with E-state index in [0.29, 0.717) is 24.5 Å². The molecule has 2 aromatic rings. The molecular formula is C20H25N3O6S. The molecule has 0 spiro atoms. The third-order valence-corrected chi connectivity index (χ3v) is 6.61. The Hall–Kier alpha value is -2.85. The topological polar surface area (TPSA) is 98.2 Å². The molecule has 0 radical (unpaired) electrons. The first-order valence-corrected chi connectivity index (χ1v) is 11.0. The van der Waals surface area contributed by atoms with E-state index in [0.717, 1.165) is 0 Å². The summed E-state index contributed by atoms with van der Waals surface area (Å²) in [5.74, 6) is 0.618. The van der Waals surface area contributed by atoms with Crippen LogP contribution in [0.2, 0.25) is 0 Å². The molecular weight excluding hydrogens is 410 g/mol. The molecule has 30 heavy (non-hydrogen) atoms. The van der Waals surface area contributed by atoms with Crippen LogP contribution >= 0.6 is 0 Å². The molecule has 0 aliphatic carbocycles. The number of anilines is 1. The van der Waals surface area contributed by atoms with Crippen LogP contribution in [0.15, 0.2) is 52.3 Å². The minimum Gasteiger partial charge on any atom is -0.491 e. The average Bonchev–Trinajstić information content (AvgIpc) is 2.73. The van der Waals surface area contributed by atoms with E-state index in [1.807, 2.05) is 18.7 Å². The summed E-state index contributed by atoms with van der Waals surface area (Å²) in [5, 5.41) is 0. The van der Waals surface area contributed by atoms with Gasteiger partial charge in [-0.05, 0) is 50.2 Å². The summed E-state index contributed by atoms with van der Waals surface area (Å²) in [7, 11) is -3.63. The Morgan fingerprint density at radius 2 is 1.73 bits per heavy atom. The van der Waals surface area contributed by atoms with Gasteiger partial charge in [-0.3, -0.25) is 14.2 Å². The fourth-order valence-electron chi connectivity index (χ4n) is 3.26. The summed E-state index contributed by atoms with van der Waals surface area (Å²) >= 11 is 0. The summed E-state index contributed by atoms with van der Waals surface area (Å²) in [4.78, 5) is 25.0. The largest absolute Gasteiger partial charge is 0.491 e. The van der Waals surface area contributed by atoms with Crippen molar-refractivity contribution in [2.45, 2.75) is 31.6 Å². The molecule has 3 rings (SSSR count). The number of hydrogen-bond acceptors (Lipinski definition) is 7. The fourth-order valence-corrected chi connectivity index (χ4v) is 4.68. The summed E-state index contributed by atoms with van der Waals surface area (Å²) < 4.78 is 38.8. The maximum atomic E-state index is 13.0. The van der Waals surface area contributed by atoms with E-state index >= 15 is 0 Å². The number of pyridine rings is 1. The summed E-state index contributed by atoms with van der Waals surface area (Å²) in [6.45, 7) is 5.19. The molecule has 9 nitrogen and oxygen atoms in total. The van der Waals surface area contributed by atoms with Crippen molar-refractivity contribution in [1.29, 1.82) is 0 Å². The van der Waals surface area contributed by atoms with E-state index in [4.69, 9.17) is 4.74 Å². The maximum absolute atomic E-state index is 13.0. The van der Waals surface area contributed by atoms with Crippen LogP contribution in [0.25, 0.3) is 0 Å². The molecule has 10 heteroatoms. The first-order valence-electron chi connectivity index (χ1n) is 9.59. The quantitative estimate of drug-likeness (QED) is 0.576. The highest BCUT2D eigenvalue weighted by Gasteiger charge is 2.29. The zero-order valence-electron chi connectivity index (χ0n) is 16.9. The summed E-state index contributed by atoms with van der Waals surface area (Å²) in [6.07, 6.45) is 1.54. The van der Waals surface area contributed by atoms with Gasteiger partial charge in [0, 0.05) is 32.4 Å². The Morgan fingerprint density at radius 1 is 1.07 bits per heavy atom. The second kappa shape index (κ2) is 9.31. The molecule has 0 atom stereocenters. The van der Waals surface area contributed by atoms with Crippen LogP contribution in [0.1, 0.15) is 13.8 Å². The van der Waals surface area contributed by atoms with Crippen LogP contribution in [-0.2, 0) is 26.3 Å². The molecule has 2 heterocycles. The number of benzene rings is 1. The molecule has 1 aliphatic rings. The molecule has 162 valence electrons. The molecule has 0 saturated carbocycles. The lowest BCUT2D eigenvalue weighted by atomic mass is 10.3. The van der Waals surface area contributed by atoms with Crippen LogP contribution in [0.5, 0.6) is 5.75 Å². The van der Waals surface area contributed by atoms with E-state index in [2.05, 4.69) is 4.74 Å². The van der Waals surface area contributed by atoms with E-state index in [-0.39, 0.29) is 42.9 Å². The van der Waals surface area contributed by atoms with Crippen LogP contribution in [0, 0.1) is 0 Å². The van der Waals surface area contributed by atoms with Crippen LogP contribution in [0.3, 0.4) is 0 Å². The monoisotopic (exact) mass is 435 g/mol. The van der Waals surface area contributed by atoms with Gasteiger partial charge in [-0.15, -0.1) is 0 Å². The second-order valence-electron chi connectivity index (χ2n) is 7.09. The van der Waals surface area contributed by atoms with Crippen molar-refractivity contribution in [1.82, 2.24) is 8.87 Å². The van der Waals surface area contributed by atoms with E-state index in [1.165, 1.54) is 15.1 Å². The highest BCUT2D eigenvalue weighted by atomic mass is 32.2. The zero-order chi connectivity index (χ0) is 21.7. The van der Waals surface area contributed by atoms with Crippen molar-refractivity contribution in [2.24, 2.45) is 0 Å². The van der Waals surface area contributed by atoms with Gasteiger partial charge >= 0.3 is 0 Å². The number of sulfonamides is 1. The molecule has 0 unspecified atom stereocenters. The van der Waals surface area contributed by atoms with Crippen molar-refractivity contribution >= 4 is 22.2 Å². The van der Waals surface area contributed by atoms with Crippen molar-refractivity contribution in [3.05, 3.63) is 52.9 Å². The smallest absolute Gasteiger partial charge is 0.294 e. The van der Waals surface area contributed by atoms with Crippen molar-refractivity contribution in [3.63, 3.8) is 0 Å². The lowest BCUT2D eigenvalue weighted by molar-refractivity contribution is -0.132. The number of ether oxygens (including phenoxy) is 2. The van der Waals surface area contributed by atoms with E-state index in [9.17, 15) is 18.0 Å². The highest BCUT2D eigenvalue weighted by molar-refractivity contribution is 7.89. The Morgan fingerprint density at radius 3 is 2.33 bits per heavy atom. The van der Waals surface area contributed by atoms with Gasteiger partial charge < -0.3 is 14.4 Å². The third-order valence-electron chi connectivity index (χ3n) is 4.69. The van der Waals surface area contributed by atoms with Gasteiger partial charge in [-0.2, -0.15) is 4.31 Å². The third kappa shape index (κ3) is 4.82. The Labute approximate surface area is 175 Å². The Balaban J connectivity index is 1.69. The fraction of sp³-hybridized carbons (Fsp3) is 0.400. The number of nitrogens with zero attached hydrogens (tertiary/aromatic N) is 3. The number of carbonyl (C=O) groups excluding carboxylic acids is 1. The van der Waals surface area contributed by atoms with E-state index in [1.54, 1.807) is 36.4 Å². The van der Waals surface area contributed by atoms with Gasteiger partial charge in [0.2, 0.25) is 10.0 Å². The Kier molecular flexibility index (Phi) is 6.78. The minimum atomic E-state index is -3.63. The molecule has 0 N–H and O–H groups in total. The maximum Gasteiger partial charge on any atom is 0.294 e. The number of rotatable bonds is 8. The van der Waals surface area contributed by atoms with Crippen LogP contribution < -0.4 is 15.2 Å². The number of piperazine rings is 1. The lowest BCUT2D eigenvalue weighted by Gasteiger charge is -2.35. The van der Waals surface area contributed by atoms with Gasteiger partial charge in [0.1, 0.15) is 11.4 Å². The highest BCUT2D eigenvalue weighted by Crippen LogP contribution is 2.22. The number of carbonyl (C=O) groups is 1. The summed E-state index contributed by atoms with van der Waals surface area (Å²) in [6, 6.07) is 9.75. The van der Waals surface area contributed by atoms with E-state index < -0.39 is 10.0 Å². The van der Waals surface area contributed by atoms with Crippen LogP contribution in [0.4, 0.5) is 5.69 Å². The molecule has 0 bridgehead atoms. The van der Waals surface area contributed by atoms with Gasteiger partial charge in [-0.1, -0.05) is 0 Å². The first kappa shape index (κ1) is 21.8.